The van der Waals surface area contributed by atoms with E-state index in [1.54, 1.807) is 11.3 Å². The Morgan fingerprint density at radius 1 is 1.14 bits per heavy atom. The van der Waals surface area contributed by atoms with Crippen LogP contribution in [0.15, 0.2) is 24.3 Å². The SMILES string of the molecule is N#Cc1ccc(-c2ccc(CN)s2)s1. The van der Waals surface area contributed by atoms with Crippen LogP contribution in [0.1, 0.15) is 9.75 Å². The molecule has 0 radical (unpaired) electrons. The first-order valence-electron chi connectivity index (χ1n) is 4.12. The second-order valence-electron chi connectivity index (χ2n) is 2.75. The molecule has 2 aromatic rings. The maximum absolute atomic E-state index is 8.69. The molecule has 2 rings (SSSR count). The monoisotopic (exact) mass is 220 g/mol. The highest BCUT2D eigenvalue weighted by Gasteiger charge is 2.04. The Balaban J connectivity index is 2.35. The third-order valence-corrected chi connectivity index (χ3v) is 4.12. The van der Waals surface area contributed by atoms with Crippen LogP contribution in [-0.2, 0) is 6.54 Å². The van der Waals surface area contributed by atoms with Crippen LogP contribution in [0.25, 0.3) is 9.75 Å². The molecule has 2 nitrogen and oxygen atoms in total. The van der Waals surface area contributed by atoms with Crippen molar-refractivity contribution in [3.8, 4) is 15.8 Å². The van der Waals surface area contributed by atoms with Gasteiger partial charge in [-0.1, -0.05) is 0 Å². The van der Waals surface area contributed by atoms with Gasteiger partial charge >= 0.3 is 0 Å². The summed E-state index contributed by atoms with van der Waals surface area (Å²) >= 11 is 3.20. The average molecular weight is 220 g/mol. The van der Waals surface area contributed by atoms with E-state index in [2.05, 4.69) is 12.1 Å². The van der Waals surface area contributed by atoms with Gasteiger partial charge in [0.15, 0.2) is 0 Å². The van der Waals surface area contributed by atoms with Crippen LogP contribution >= 0.6 is 22.7 Å². The second-order valence-corrected chi connectivity index (χ2v) is 5.00. The van der Waals surface area contributed by atoms with Crippen molar-refractivity contribution in [1.82, 2.24) is 0 Å². The van der Waals surface area contributed by atoms with E-state index in [1.807, 2.05) is 18.2 Å². The molecule has 2 N–H and O–H groups in total. The third kappa shape index (κ3) is 1.70. The zero-order valence-corrected chi connectivity index (χ0v) is 8.99. The molecule has 2 aromatic heterocycles. The van der Waals surface area contributed by atoms with Crippen molar-refractivity contribution >= 4 is 22.7 Å². The predicted octanol–water partition coefficient (Wildman–Crippen LogP) is 2.81. The van der Waals surface area contributed by atoms with Gasteiger partial charge in [0, 0.05) is 21.2 Å². The van der Waals surface area contributed by atoms with E-state index in [4.69, 9.17) is 11.0 Å². The summed E-state index contributed by atoms with van der Waals surface area (Å²) < 4.78 is 0. The number of nitrogens with zero attached hydrogens (tertiary/aromatic N) is 1. The highest BCUT2D eigenvalue weighted by Crippen LogP contribution is 2.33. The summed E-state index contributed by atoms with van der Waals surface area (Å²) in [5, 5.41) is 8.69. The van der Waals surface area contributed by atoms with E-state index in [0.29, 0.717) is 6.54 Å². The average Bonchev–Trinajstić information content (AvgIpc) is 2.86. The van der Waals surface area contributed by atoms with Gasteiger partial charge in [0.2, 0.25) is 0 Å². The van der Waals surface area contributed by atoms with Crippen LogP contribution in [0.5, 0.6) is 0 Å². The quantitative estimate of drug-likeness (QED) is 0.846. The minimum absolute atomic E-state index is 0.584. The molecular formula is C10H8N2S2. The number of rotatable bonds is 2. The molecule has 0 aromatic carbocycles. The van der Waals surface area contributed by atoms with Crippen LogP contribution in [0.4, 0.5) is 0 Å². The maximum atomic E-state index is 8.69. The molecule has 0 amide bonds. The molecule has 0 unspecified atom stereocenters. The lowest BCUT2D eigenvalue weighted by molar-refractivity contribution is 1.11. The fourth-order valence-corrected chi connectivity index (χ4v) is 2.93. The van der Waals surface area contributed by atoms with Gasteiger partial charge in [0.1, 0.15) is 10.9 Å². The molecule has 0 aliphatic carbocycles. The third-order valence-electron chi connectivity index (χ3n) is 1.82. The maximum Gasteiger partial charge on any atom is 0.110 e. The number of nitrogens with two attached hydrogens (primary N) is 1. The number of nitriles is 1. The van der Waals surface area contributed by atoms with Crippen LogP contribution in [-0.4, -0.2) is 0 Å². The van der Waals surface area contributed by atoms with Crippen LogP contribution in [0.2, 0.25) is 0 Å². The van der Waals surface area contributed by atoms with E-state index >= 15 is 0 Å². The Morgan fingerprint density at radius 3 is 2.43 bits per heavy atom. The van der Waals surface area contributed by atoms with E-state index in [0.717, 1.165) is 9.75 Å². The summed E-state index contributed by atoms with van der Waals surface area (Å²) in [5.74, 6) is 0. The largest absolute Gasteiger partial charge is 0.326 e. The van der Waals surface area contributed by atoms with Crippen LogP contribution in [0.3, 0.4) is 0 Å². The molecule has 0 aliphatic rings. The Bertz CT molecular complexity index is 476. The minimum Gasteiger partial charge on any atom is -0.326 e. The number of hydrogen-bond donors (Lipinski definition) is 1. The summed E-state index contributed by atoms with van der Waals surface area (Å²) in [6.07, 6.45) is 0. The van der Waals surface area contributed by atoms with Crippen LogP contribution < -0.4 is 5.73 Å². The molecule has 0 spiro atoms. The molecule has 14 heavy (non-hydrogen) atoms. The standard InChI is InChI=1S/C10H8N2S2/c11-5-7-1-3-9(13-7)10-4-2-8(6-12)14-10/h1-4H,5,11H2. The van der Waals surface area contributed by atoms with Gasteiger partial charge in [0.05, 0.1) is 0 Å². The minimum atomic E-state index is 0.584. The second kappa shape index (κ2) is 3.93. The molecule has 0 fully saturated rings. The normalized spacial score (nSPS) is 10.0. The van der Waals surface area contributed by atoms with Gasteiger partial charge < -0.3 is 5.73 Å². The summed E-state index contributed by atoms with van der Waals surface area (Å²) in [5.41, 5.74) is 5.53. The zero-order valence-electron chi connectivity index (χ0n) is 7.36. The first kappa shape index (κ1) is 9.41. The molecule has 0 atom stereocenters. The number of thiophene rings is 2. The van der Waals surface area contributed by atoms with Crippen molar-refractivity contribution in [2.24, 2.45) is 5.73 Å². The highest BCUT2D eigenvalue weighted by atomic mass is 32.1. The Labute approximate surface area is 90.2 Å². The van der Waals surface area contributed by atoms with E-state index < -0.39 is 0 Å². The van der Waals surface area contributed by atoms with Gasteiger partial charge in [-0.3, -0.25) is 0 Å². The molecule has 0 saturated heterocycles. The molecular weight excluding hydrogens is 212 g/mol. The Hall–Kier alpha value is -1.15. The van der Waals surface area contributed by atoms with Crippen molar-refractivity contribution in [3.63, 3.8) is 0 Å². The molecule has 0 aliphatic heterocycles. The van der Waals surface area contributed by atoms with E-state index in [1.165, 1.54) is 21.1 Å². The van der Waals surface area contributed by atoms with Crippen molar-refractivity contribution in [2.75, 3.05) is 0 Å². The van der Waals surface area contributed by atoms with E-state index in [9.17, 15) is 0 Å². The zero-order chi connectivity index (χ0) is 9.97. The highest BCUT2D eigenvalue weighted by molar-refractivity contribution is 7.22. The summed E-state index contributed by atoms with van der Waals surface area (Å²) in [6, 6.07) is 10.1. The first-order valence-corrected chi connectivity index (χ1v) is 5.76. The summed E-state index contributed by atoms with van der Waals surface area (Å²) in [7, 11) is 0. The number of hydrogen-bond acceptors (Lipinski definition) is 4. The molecule has 4 heteroatoms. The molecule has 0 saturated carbocycles. The lowest BCUT2D eigenvalue weighted by atomic mass is 10.3. The molecule has 0 bridgehead atoms. The molecule has 2 heterocycles. The van der Waals surface area contributed by atoms with Crippen molar-refractivity contribution in [2.45, 2.75) is 6.54 Å². The predicted molar refractivity (Wildman–Crippen MR) is 60.2 cm³/mol. The summed E-state index contributed by atoms with van der Waals surface area (Å²) in [4.78, 5) is 4.26. The van der Waals surface area contributed by atoms with Gasteiger partial charge in [0.25, 0.3) is 0 Å². The molecule has 70 valence electrons. The van der Waals surface area contributed by atoms with Gasteiger partial charge in [-0.15, -0.1) is 22.7 Å². The fourth-order valence-electron chi connectivity index (χ4n) is 1.15. The Kier molecular flexibility index (Phi) is 2.64. The summed E-state index contributed by atoms with van der Waals surface area (Å²) in [6.45, 7) is 0.584. The first-order chi connectivity index (χ1) is 6.83. The smallest absolute Gasteiger partial charge is 0.110 e. The van der Waals surface area contributed by atoms with Gasteiger partial charge in [-0.25, -0.2) is 0 Å². The van der Waals surface area contributed by atoms with E-state index in [-0.39, 0.29) is 0 Å². The fraction of sp³-hybridized carbons (Fsp3) is 0.100. The van der Waals surface area contributed by atoms with Crippen LogP contribution in [0, 0.1) is 11.3 Å². The Morgan fingerprint density at radius 2 is 1.86 bits per heavy atom. The lowest BCUT2D eigenvalue weighted by Crippen LogP contribution is -1.90. The van der Waals surface area contributed by atoms with Crippen molar-refractivity contribution in [1.29, 1.82) is 5.26 Å². The topological polar surface area (TPSA) is 49.8 Å². The van der Waals surface area contributed by atoms with Gasteiger partial charge in [-0.05, 0) is 24.3 Å². The van der Waals surface area contributed by atoms with Crippen molar-refractivity contribution < 1.29 is 0 Å². The van der Waals surface area contributed by atoms with Crippen molar-refractivity contribution in [3.05, 3.63) is 34.0 Å². The van der Waals surface area contributed by atoms with Gasteiger partial charge in [-0.2, -0.15) is 5.26 Å². The lowest BCUT2D eigenvalue weighted by Gasteiger charge is -1.88.